The fourth-order valence-corrected chi connectivity index (χ4v) is 8.22. The molecule has 3 aliphatic heterocycles. The lowest BCUT2D eigenvalue weighted by atomic mass is 9.95. The molecule has 9 nitrogen and oxygen atoms in total. The SMILES string of the molecule is O=C(NC1C[C@H]2CC[C@@H](C1)N2S(=O)(=O)NC1CCN[C@H](Cc2ccccc2)C1)c1cc(C2CC2)on1. The van der Waals surface area contributed by atoms with Crippen LogP contribution < -0.4 is 15.4 Å². The van der Waals surface area contributed by atoms with Crippen molar-refractivity contribution in [2.24, 2.45) is 0 Å². The van der Waals surface area contributed by atoms with E-state index in [-0.39, 0.29) is 36.1 Å². The number of nitrogens with one attached hydrogen (secondary N) is 3. The predicted octanol–water partition coefficient (Wildman–Crippen LogP) is 2.47. The molecule has 1 aromatic carbocycles. The standard InChI is InChI=1S/C26H35N5O4S/c32-26(24-16-25(35-29-24)18-6-7-18)28-21-14-22-8-9-23(15-21)31(22)36(33,34)30-19-10-11-27-20(13-19)12-17-4-2-1-3-5-17/h1-5,16,18-23,27,30H,6-15H2,(H,28,32)/t19?,20-,21?,22-,23+/m1/s1. The van der Waals surface area contributed by atoms with E-state index in [1.54, 1.807) is 10.4 Å². The van der Waals surface area contributed by atoms with Crippen LogP contribution in [0.2, 0.25) is 0 Å². The van der Waals surface area contributed by atoms with Crippen molar-refractivity contribution in [2.45, 2.75) is 93.9 Å². The van der Waals surface area contributed by atoms with Crippen LogP contribution in [0, 0.1) is 0 Å². The number of hydrogen-bond donors (Lipinski definition) is 3. The van der Waals surface area contributed by atoms with Gasteiger partial charge in [0, 0.05) is 42.2 Å². The molecule has 4 aliphatic rings. The first-order valence-corrected chi connectivity index (χ1v) is 14.7. The molecule has 6 rings (SSSR count). The van der Waals surface area contributed by atoms with Gasteiger partial charge in [-0.1, -0.05) is 35.5 Å². The third-order valence-corrected chi connectivity index (χ3v) is 9.94. The predicted molar refractivity (Wildman–Crippen MR) is 135 cm³/mol. The fourth-order valence-electron chi connectivity index (χ4n) is 6.30. The van der Waals surface area contributed by atoms with Gasteiger partial charge in [-0.3, -0.25) is 4.79 Å². The highest BCUT2D eigenvalue weighted by molar-refractivity contribution is 7.87. The van der Waals surface area contributed by atoms with Gasteiger partial charge < -0.3 is 15.2 Å². The minimum absolute atomic E-state index is 0.0586. The van der Waals surface area contributed by atoms with Crippen LogP contribution in [-0.4, -0.2) is 60.5 Å². The number of carbonyl (C=O) groups is 1. The van der Waals surface area contributed by atoms with Crippen molar-refractivity contribution in [2.75, 3.05) is 6.54 Å². The van der Waals surface area contributed by atoms with Gasteiger partial charge in [0.2, 0.25) is 0 Å². The molecule has 1 aromatic heterocycles. The van der Waals surface area contributed by atoms with Crippen LogP contribution in [0.3, 0.4) is 0 Å². The highest BCUT2D eigenvalue weighted by Gasteiger charge is 2.47. The number of amides is 1. The number of nitrogens with zero attached hydrogens (tertiary/aromatic N) is 2. The maximum Gasteiger partial charge on any atom is 0.280 e. The summed E-state index contributed by atoms with van der Waals surface area (Å²) in [5.41, 5.74) is 1.58. The molecule has 2 bridgehead atoms. The van der Waals surface area contributed by atoms with Crippen LogP contribution in [0.4, 0.5) is 0 Å². The lowest BCUT2D eigenvalue weighted by molar-refractivity contribution is 0.0899. The highest BCUT2D eigenvalue weighted by atomic mass is 32.2. The Kier molecular flexibility index (Phi) is 6.62. The first kappa shape index (κ1) is 24.1. The summed E-state index contributed by atoms with van der Waals surface area (Å²) in [5, 5.41) is 10.6. The van der Waals surface area contributed by atoms with Crippen LogP contribution >= 0.6 is 0 Å². The van der Waals surface area contributed by atoms with Crippen LogP contribution in [0.25, 0.3) is 0 Å². The molecule has 1 saturated carbocycles. The summed E-state index contributed by atoms with van der Waals surface area (Å²) >= 11 is 0. The van der Waals surface area contributed by atoms with E-state index < -0.39 is 10.2 Å². The molecule has 3 saturated heterocycles. The molecule has 1 amide bonds. The Morgan fingerprint density at radius 3 is 2.50 bits per heavy atom. The lowest BCUT2D eigenvalue weighted by Crippen LogP contribution is -2.58. The molecule has 2 unspecified atom stereocenters. The smallest absolute Gasteiger partial charge is 0.280 e. The van der Waals surface area contributed by atoms with Gasteiger partial charge in [-0.25, -0.2) is 0 Å². The average Bonchev–Trinajstić information content (AvgIpc) is 3.50. The number of rotatable bonds is 8. The van der Waals surface area contributed by atoms with E-state index >= 15 is 0 Å². The van der Waals surface area contributed by atoms with Crippen molar-refractivity contribution >= 4 is 16.1 Å². The molecule has 36 heavy (non-hydrogen) atoms. The molecule has 4 fully saturated rings. The zero-order valence-corrected chi connectivity index (χ0v) is 21.3. The molecule has 3 N–H and O–H groups in total. The Hall–Kier alpha value is -2.27. The highest BCUT2D eigenvalue weighted by Crippen LogP contribution is 2.40. The Morgan fingerprint density at radius 1 is 1.03 bits per heavy atom. The van der Waals surface area contributed by atoms with Crippen molar-refractivity contribution in [3.05, 3.63) is 53.4 Å². The monoisotopic (exact) mass is 513 g/mol. The largest absolute Gasteiger partial charge is 0.360 e. The van der Waals surface area contributed by atoms with Gasteiger partial charge in [0.1, 0.15) is 5.76 Å². The van der Waals surface area contributed by atoms with Gasteiger partial charge in [-0.15, -0.1) is 0 Å². The van der Waals surface area contributed by atoms with Crippen molar-refractivity contribution in [1.29, 1.82) is 0 Å². The minimum atomic E-state index is -3.60. The van der Waals surface area contributed by atoms with E-state index in [0.717, 1.165) is 57.3 Å². The van der Waals surface area contributed by atoms with Gasteiger partial charge in [0.15, 0.2) is 5.69 Å². The van der Waals surface area contributed by atoms with Gasteiger partial charge in [0.05, 0.1) is 0 Å². The number of carbonyl (C=O) groups excluding carboxylic acids is 1. The summed E-state index contributed by atoms with van der Waals surface area (Å²) in [6.07, 6.45) is 7.54. The van der Waals surface area contributed by atoms with E-state index in [1.807, 2.05) is 18.2 Å². The van der Waals surface area contributed by atoms with E-state index in [0.29, 0.717) is 24.5 Å². The van der Waals surface area contributed by atoms with Crippen LogP contribution in [0.15, 0.2) is 40.9 Å². The van der Waals surface area contributed by atoms with Gasteiger partial charge in [0.25, 0.3) is 16.1 Å². The van der Waals surface area contributed by atoms with Crippen LogP contribution in [-0.2, 0) is 16.6 Å². The number of fused-ring (bicyclic) bond motifs is 2. The van der Waals surface area contributed by atoms with Crippen LogP contribution in [0.5, 0.6) is 0 Å². The van der Waals surface area contributed by atoms with Crippen molar-refractivity contribution in [3.8, 4) is 0 Å². The molecule has 0 spiro atoms. The maximum atomic E-state index is 13.5. The van der Waals surface area contributed by atoms with E-state index in [1.165, 1.54) is 5.56 Å². The fraction of sp³-hybridized carbons (Fsp3) is 0.615. The Balaban J connectivity index is 1.05. The van der Waals surface area contributed by atoms with E-state index in [4.69, 9.17) is 4.52 Å². The van der Waals surface area contributed by atoms with Crippen molar-refractivity contribution < 1.29 is 17.7 Å². The Bertz CT molecular complexity index is 1170. The summed E-state index contributed by atoms with van der Waals surface area (Å²) in [6.45, 7) is 0.802. The summed E-state index contributed by atoms with van der Waals surface area (Å²) in [7, 11) is -3.60. The van der Waals surface area contributed by atoms with Gasteiger partial charge in [-0.2, -0.15) is 17.4 Å². The van der Waals surface area contributed by atoms with Gasteiger partial charge in [-0.05, 0) is 69.9 Å². The third kappa shape index (κ3) is 5.22. The summed E-state index contributed by atoms with van der Waals surface area (Å²) in [4.78, 5) is 12.7. The molecular formula is C26H35N5O4S. The van der Waals surface area contributed by atoms with Gasteiger partial charge >= 0.3 is 0 Å². The second kappa shape index (κ2) is 9.89. The number of benzene rings is 1. The summed E-state index contributed by atoms with van der Waals surface area (Å²) < 4.78 is 37.0. The maximum absolute atomic E-state index is 13.5. The first-order chi connectivity index (χ1) is 17.4. The molecule has 4 heterocycles. The Labute approximate surface area is 212 Å². The van der Waals surface area contributed by atoms with E-state index in [9.17, 15) is 13.2 Å². The lowest BCUT2D eigenvalue weighted by Gasteiger charge is -2.39. The topological polar surface area (TPSA) is 117 Å². The third-order valence-electron chi connectivity index (χ3n) is 8.15. The Morgan fingerprint density at radius 2 is 1.78 bits per heavy atom. The molecule has 194 valence electrons. The molecule has 10 heteroatoms. The normalized spacial score (nSPS) is 30.8. The molecular weight excluding hydrogens is 478 g/mol. The number of hydrogen-bond acceptors (Lipinski definition) is 6. The average molecular weight is 514 g/mol. The second-order valence-electron chi connectivity index (χ2n) is 10.9. The van der Waals surface area contributed by atoms with Crippen molar-refractivity contribution in [3.63, 3.8) is 0 Å². The second-order valence-corrected chi connectivity index (χ2v) is 12.5. The minimum Gasteiger partial charge on any atom is -0.360 e. The molecule has 2 aromatic rings. The zero-order valence-electron chi connectivity index (χ0n) is 20.4. The number of piperidine rings is 2. The number of aromatic nitrogens is 1. The first-order valence-electron chi connectivity index (χ1n) is 13.3. The summed E-state index contributed by atoms with van der Waals surface area (Å²) in [5.74, 6) is 0.962. The molecule has 1 aliphatic carbocycles. The summed E-state index contributed by atoms with van der Waals surface area (Å²) in [6, 6.07) is 12.0. The molecule has 0 radical (unpaired) electrons. The van der Waals surface area contributed by atoms with E-state index in [2.05, 4.69) is 32.6 Å². The quantitative estimate of drug-likeness (QED) is 0.499. The molecule has 5 atom stereocenters. The van der Waals surface area contributed by atoms with Crippen LogP contribution in [0.1, 0.15) is 79.1 Å². The zero-order chi connectivity index (χ0) is 24.7. The van der Waals surface area contributed by atoms with Crippen molar-refractivity contribution in [1.82, 2.24) is 24.8 Å².